The fourth-order valence-electron chi connectivity index (χ4n) is 1.94. The van der Waals surface area contributed by atoms with Crippen molar-refractivity contribution in [3.63, 3.8) is 0 Å². The van der Waals surface area contributed by atoms with Crippen molar-refractivity contribution in [2.75, 3.05) is 7.11 Å². The zero-order chi connectivity index (χ0) is 17.4. The molecular weight excluding hydrogens is 304 g/mol. The summed E-state index contributed by atoms with van der Waals surface area (Å²) in [4.78, 5) is 35.1. The van der Waals surface area contributed by atoms with Gasteiger partial charge < -0.3 is 14.6 Å². The van der Waals surface area contributed by atoms with E-state index in [1.165, 1.54) is 25.3 Å². The summed E-state index contributed by atoms with van der Waals surface area (Å²) in [6.07, 6.45) is -0.777. The van der Waals surface area contributed by atoms with E-state index < -0.39 is 23.6 Å². The minimum atomic E-state index is -1.16. The molecule has 0 saturated carbocycles. The Morgan fingerprint density at radius 3 is 2.39 bits per heavy atom. The van der Waals surface area contributed by atoms with Gasteiger partial charge in [0.15, 0.2) is 5.69 Å². The third kappa shape index (κ3) is 3.31. The number of aromatic carboxylic acids is 1. The number of carbonyl (C=O) groups is 3. The number of carboxylic acids is 1. The molecule has 0 saturated heterocycles. The molecule has 0 amide bonds. The van der Waals surface area contributed by atoms with Crippen LogP contribution in [0, 0.1) is 0 Å². The lowest BCUT2D eigenvalue weighted by Gasteiger charge is -2.19. The molecule has 8 heteroatoms. The van der Waals surface area contributed by atoms with Crippen LogP contribution in [-0.2, 0) is 9.47 Å². The Balaban J connectivity index is 2.65. The number of hydrogen-bond acceptors (Lipinski definition) is 6. The largest absolute Gasteiger partial charge is 0.478 e. The van der Waals surface area contributed by atoms with E-state index in [4.69, 9.17) is 9.84 Å². The Bertz CT molecular complexity index is 800. The minimum absolute atomic E-state index is 0.0357. The SMILES string of the molecule is COC(=O)c1nn(C(=O)OC(C)(C)C)c2ccc(C(=O)O)cc12. The number of carboxylic acid groups (broad SMARTS) is 1. The second-order valence-electron chi connectivity index (χ2n) is 5.77. The number of rotatable bonds is 2. The average molecular weight is 320 g/mol. The van der Waals surface area contributed by atoms with E-state index >= 15 is 0 Å². The quantitative estimate of drug-likeness (QED) is 0.846. The molecule has 0 atom stereocenters. The van der Waals surface area contributed by atoms with Crippen molar-refractivity contribution in [3.05, 3.63) is 29.5 Å². The van der Waals surface area contributed by atoms with Crippen LogP contribution in [0.15, 0.2) is 18.2 Å². The van der Waals surface area contributed by atoms with Crippen molar-refractivity contribution in [1.29, 1.82) is 0 Å². The highest BCUT2D eigenvalue weighted by Crippen LogP contribution is 2.22. The molecular formula is C15H16N2O6. The van der Waals surface area contributed by atoms with Gasteiger partial charge >= 0.3 is 18.0 Å². The van der Waals surface area contributed by atoms with Crippen LogP contribution in [0.4, 0.5) is 4.79 Å². The summed E-state index contributed by atoms with van der Waals surface area (Å²) in [5, 5.41) is 13.2. The second-order valence-corrected chi connectivity index (χ2v) is 5.77. The van der Waals surface area contributed by atoms with Gasteiger partial charge in [-0.2, -0.15) is 9.78 Å². The Kier molecular flexibility index (Phi) is 4.09. The zero-order valence-electron chi connectivity index (χ0n) is 13.1. The molecule has 1 heterocycles. The van der Waals surface area contributed by atoms with E-state index in [1.807, 2.05) is 0 Å². The summed E-state index contributed by atoms with van der Waals surface area (Å²) < 4.78 is 10.8. The molecule has 122 valence electrons. The van der Waals surface area contributed by atoms with E-state index in [9.17, 15) is 14.4 Å². The first kappa shape index (κ1) is 16.5. The Morgan fingerprint density at radius 1 is 1.22 bits per heavy atom. The number of ether oxygens (including phenoxy) is 2. The van der Waals surface area contributed by atoms with Gasteiger partial charge in [0.05, 0.1) is 18.2 Å². The molecule has 0 fully saturated rings. The van der Waals surface area contributed by atoms with Crippen molar-refractivity contribution in [2.45, 2.75) is 26.4 Å². The van der Waals surface area contributed by atoms with Crippen LogP contribution < -0.4 is 0 Å². The number of fused-ring (bicyclic) bond motifs is 1. The molecule has 0 radical (unpaired) electrons. The van der Waals surface area contributed by atoms with Gasteiger partial charge in [-0.15, -0.1) is 0 Å². The topological polar surface area (TPSA) is 108 Å². The molecule has 2 rings (SSSR count). The van der Waals surface area contributed by atoms with Gasteiger partial charge in [-0.1, -0.05) is 0 Å². The number of aromatic nitrogens is 2. The summed E-state index contributed by atoms with van der Waals surface area (Å²) in [5.41, 5.74) is -0.686. The minimum Gasteiger partial charge on any atom is -0.478 e. The average Bonchev–Trinajstić information content (AvgIpc) is 2.83. The van der Waals surface area contributed by atoms with Crippen LogP contribution in [-0.4, -0.2) is 45.6 Å². The predicted octanol–water partition coefficient (Wildman–Crippen LogP) is 2.30. The van der Waals surface area contributed by atoms with Crippen molar-refractivity contribution in [1.82, 2.24) is 9.78 Å². The molecule has 1 aromatic carbocycles. The first-order valence-corrected chi connectivity index (χ1v) is 6.72. The summed E-state index contributed by atoms with van der Waals surface area (Å²) in [5.74, 6) is -1.94. The van der Waals surface area contributed by atoms with Gasteiger partial charge in [-0.3, -0.25) is 0 Å². The van der Waals surface area contributed by atoms with E-state index in [2.05, 4.69) is 9.84 Å². The molecule has 1 aromatic heterocycles. The van der Waals surface area contributed by atoms with Crippen molar-refractivity contribution < 1.29 is 29.0 Å². The van der Waals surface area contributed by atoms with Crippen molar-refractivity contribution in [2.24, 2.45) is 0 Å². The van der Waals surface area contributed by atoms with Gasteiger partial charge in [-0.05, 0) is 39.0 Å². The third-order valence-electron chi connectivity index (χ3n) is 2.87. The lowest BCUT2D eigenvalue weighted by Crippen LogP contribution is -2.27. The van der Waals surface area contributed by atoms with Crippen LogP contribution in [0.3, 0.4) is 0 Å². The lowest BCUT2D eigenvalue weighted by molar-refractivity contribution is 0.0518. The molecule has 2 aromatic rings. The fourth-order valence-corrected chi connectivity index (χ4v) is 1.94. The lowest BCUT2D eigenvalue weighted by atomic mass is 10.1. The maximum Gasteiger partial charge on any atom is 0.435 e. The molecule has 0 aliphatic carbocycles. The standard InChI is InChI=1S/C15H16N2O6/c1-15(2,3)23-14(21)17-10-6-5-8(12(18)19)7-9(10)11(16-17)13(20)22-4/h5-7H,1-4H3,(H,18,19). The normalized spacial score (nSPS) is 11.3. The molecule has 0 aliphatic heterocycles. The van der Waals surface area contributed by atoms with Crippen LogP contribution in [0.2, 0.25) is 0 Å². The zero-order valence-corrected chi connectivity index (χ0v) is 13.1. The number of nitrogens with zero attached hydrogens (tertiary/aromatic N) is 2. The van der Waals surface area contributed by atoms with Crippen molar-refractivity contribution in [3.8, 4) is 0 Å². The number of benzene rings is 1. The van der Waals surface area contributed by atoms with Gasteiger partial charge in [0.25, 0.3) is 0 Å². The Hall–Kier alpha value is -2.90. The Morgan fingerprint density at radius 2 is 1.87 bits per heavy atom. The molecule has 8 nitrogen and oxygen atoms in total. The van der Waals surface area contributed by atoms with Crippen LogP contribution in [0.25, 0.3) is 10.9 Å². The van der Waals surface area contributed by atoms with Gasteiger partial charge in [0.2, 0.25) is 0 Å². The maximum atomic E-state index is 12.2. The molecule has 1 N–H and O–H groups in total. The number of methoxy groups -OCH3 is 1. The molecule has 0 unspecified atom stereocenters. The second kappa shape index (κ2) is 5.71. The van der Waals surface area contributed by atoms with Gasteiger partial charge in [0, 0.05) is 5.39 Å². The highest BCUT2D eigenvalue weighted by molar-refractivity contribution is 6.06. The number of carbonyl (C=O) groups excluding carboxylic acids is 2. The molecule has 23 heavy (non-hydrogen) atoms. The van der Waals surface area contributed by atoms with E-state index in [-0.39, 0.29) is 22.2 Å². The summed E-state index contributed by atoms with van der Waals surface area (Å²) in [7, 11) is 1.17. The Labute approximate surface area is 131 Å². The monoisotopic (exact) mass is 320 g/mol. The highest BCUT2D eigenvalue weighted by atomic mass is 16.6. The molecule has 0 spiro atoms. The summed E-state index contributed by atoms with van der Waals surface area (Å²) in [6, 6.07) is 3.97. The highest BCUT2D eigenvalue weighted by Gasteiger charge is 2.25. The van der Waals surface area contributed by atoms with Crippen LogP contribution >= 0.6 is 0 Å². The summed E-state index contributed by atoms with van der Waals surface area (Å²) >= 11 is 0. The smallest absolute Gasteiger partial charge is 0.435 e. The van der Waals surface area contributed by atoms with Gasteiger partial charge in [-0.25, -0.2) is 14.4 Å². The molecule has 0 aliphatic rings. The first-order valence-electron chi connectivity index (χ1n) is 6.72. The fraction of sp³-hybridized carbons (Fsp3) is 0.333. The first-order chi connectivity index (χ1) is 10.6. The maximum absolute atomic E-state index is 12.2. The van der Waals surface area contributed by atoms with Crippen LogP contribution in [0.5, 0.6) is 0 Å². The van der Waals surface area contributed by atoms with E-state index in [1.54, 1.807) is 20.8 Å². The van der Waals surface area contributed by atoms with E-state index in [0.29, 0.717) is 0 Å². The van der Waals surface area contributed by atoms with E-state index in [0.717, 1.165) is 4.68 Å². The predicted molar refractivity (Wildman–Crippen MR) is 79.7 cm³/mol. The third-order valence-corrected chi connectivity index (χ3v) is 2.87. The summed E-state index contributed by atoms with van der Waals surface area (Å²) in [6.45, 7) is 5.08. The van der Waals surface area contributed by atoms with Crippen molar-refractivity contribution >= 4 is 28.9 Å². The van der Waals surface area contributed by atoms with Gasteiger partial charge in [0.1, 0.15) is 5.60 Å². The molecule has 0 bridgehead atoms. The van der Waals surface area contributed by atoms with Crippen LogP contribution in [0.1, 0.15) is 41.6 Å². The number of hydrogen-bond donors (Lipinski definition) is 1. The number of esters is 1.